The van der Waals surface area contributed by atoms with Crippen molar-refractivity contribution in [3.63, 3.8) is 0 Å². The van der Waals surface area contributed by atoms with Crippen LogP contribution in [0.15, 0.2) is 30.9 Å². The Morgan fingerprint density at radius 1 is 1.04 bits per heavy atom. The molecule has 1 nitrogen and oxygen atoms in total. The van der Waals surface area contributed by atoms with E-state index in [1.807, 2.05) is 0 Å². The highest BCUT2D eigenvalue weighted by Gasteiger charge is 2.36. The maximum absolute atomic E-state index is 13.9. The van der Waals surface area contributed by atoms with Gasteiger partial charge in [0.05, 0.1) is 0 Å². The summed E-state index contributed by atoms with van der Waals surface area (Å²) in [5, 5.41) is 0. The maximum atomic E-state index is 13.9. The van der Waals surface area contributed by atoms with Gasteiger partial charge in [0.1, 0.15) is 0 Å². The van der Waals surface area contributed by atoms with Gasteiger partial charge in [-0.05, 0) is 79.9 Å². The lowest BCUT2D eigenvalue weighted by Crippen LogP contribution is -2.30. The molecule has 0 aliphatic heterocycles. The topological polar surface area (TPSA) is 9.23 Å². The molecule has 24 heavy (non-hydrogen) atoms. The van der Waals surface area contributed by atoms with Crippen molar-refractivity contribution in [2.45, 2.75) is 50.8 Å². The summed E-state index contributed by atoms with van der Waals surface area (Å²) in [7, 11) is 0. The van der Waals surface area contributed by atoms with Crippen molar-refractivity contribution in [2.75, 3.05) is 0 Å². The summed E-state index contributed by atoms with van der Waals surface area (Å²) in [5.74, 6) is 0.471. The Morgan fingerprint density at radius 3 is 2.42 bits per heavy atom. The number of benzene rings is 1. The molecule has 0 heterocycles. The van der Waals surface area contributed by atoms with Crippen molar-refractivity contribution in [1.29, 1.82) is 0 Å². The molecule has 4 atom stereocenters. The Hall–Kier alpha value is -1.52. The molecule has 0 bridgehead atoms. The summed E-state index contributed by atoms with van der Waals surface area (Å²) in [4.78, 5) is 0. The van der Waals surface area contributed by atoms with Gasteiger partial charge in [-0.25, -0.2) is 4.39 Å². The van der Waals surface area contributed by atoms with Crippen LogP contribution in [0.3, 0.4) is 0 Å². The average molecular weight is 342 g/mol. The van der Waals surface area contributed by atoms with Crippen molar-refractivity contribution >= 4 is 0 Å². The van der Waals surface area contributed by atoms with Crippen LogP contribution < -0.4 is 4.74 Å². The summed E-state index contributed by atoms with van der Waals surface area (Å²) in [6.45, 7) is 3.89. The number of hydrogen-bond acceptors (Lipinski definition) is 1. The Labute approximate surface area is 139 Å². The van der Waals surface area contributed by atoms with Crippen LogP contribution in [0.1, 0.15) is 50.0 Å². The quantitative estimate of drug-likeness (QED) is 0.469. The van der Waals surface area contributed by atoms with E-state index in [0.717, 1.165) is 43.7 Å². The van der Waals surface area contributed by atoms with E-state index < -0.39 is 17.9 Å². The Bertz CT molecular complexity index is 596. The zero-order valence-electron chi connectivity index (χ0n) is 13.5. The van der Waals surface area contributed by atoms with Crippen LogP contribution in [-0.4, -0.2) is 6.36 Å². The van der Waals surface area contributed by atoms with Crippen molar-refractivity contribution in [3.05, 3.63) is 42.2 Å². The number of hydrogen-bond donors (Lipinski definition) is 0. The van der Waals surface area contributed by atoms with Gasteiger partial charge < -0.3 is 4.74 Å². The van der Waals surface area contributed by atoms with E-state index in [0.29, 0.717) is 17.8 Å². The predicted octanol–water partition coefficient (Wildman–Crippen LogP) is 6.21. The van der Waals surface area contributed by atoms with E-state index in [1.54, 1.807) is 6.07 Å². The SMILES string of the molecule is C=C[C@@H]1CC[C@@H]2CC(c3ccc(OC(F)(F)F)c(F)c3)CC[C@@H]2C1. The molecule has 5 heteroatoms. The molecule has 2 aliphatic rings. The summed E-state index contributed by atoms with van der Waals surface area (Å²) in [6.07, 6.45) is 3.74. The number of alkyl halides is 3. The molecule has 1 aromatic rings. The fourth-order valence-corrected chi connectivity index (χ4v) is 4.42. The van der Waals surface area contributed by atoms with Crippen LogP contribution in [0.4, 0.5) is 17.6 Å². The minimum absolute atomic E-state index is 0.223. The van der Waals surface area contributed by atoms with Gasteiger partial charge in [0.25, 0.3) is 0 Å². The molecule has 0 N–H and O–H groups in total. The average Bonchev–Trinajstić information content (AvgIpc) is 2.54. The lowest BCUT2D eigenvalue weighted by atomic mass is 9.64. The monoisotopic (exact) mass is 342 g/mol. The molecule has 0 aromatic heterocycles. The Balaban J connectivity index is 1.68. The smallest absolute Gasteiger partial charge is 0.403 e. The van der Waals surface area contributed by atoms with Crippen molar-refractivity contribution in [3.8, 4) is 5.75 Å². The third-order valence-electron chi connectivity index (χ3n) is 5.64. The fourth-order valence-electron chi connectivity index (χ4n) is 4.42. The lowest BCUT2D eigenvalue weighted by Gasteiger charge is -2.41. The zero-order valence-corrected chi connectivity index (χ0v) is 13.5. The highest BCUT2D eigenvalue weighted by atomic mass is 19.4. The molecule has 132 valence electrons. The summed E-state index contributed by atoms with van der Waals surface area (Å²) < 4.78 is 54.3. The first-order chi connectivity index (χ1) is 11.4. The van der Waals surface area contributed by atoms with Crippen molar-refractivity contribution in [2.24, 2.45) is 17.8 Å². The molecule has 2 saturated carbocycles. The Morgan fingerprint density at radius 2 is 1.75 bits per heavy atom. The van der Waals surface area contributed by atoms with Gasteiger partial charge in [0.15, 0.2) is 11.6 Å². The zero-order chi connectivity index (χ0) is 17.3. The van der Waals surface area contributed by atoms with Crippen molar-refractivity contribution in [1.82, 2.24) is 0 Å². The maximum Gasteiger partial charge on any atom is 0.573 e. The minimum atomic E-state index is -4.87. The van der Waals surface area contributed by atoms with Crippen LogP contribution >= 0.6 is 0 Å². The van der Waals surface area contributed by atoms with E-state index in [1.165, 1.54) is 12.5 Å². The van der Waals surface area contributed by atoms with Crippen molar-refractivity contribution < 1.29 is 22.3 Å². The second-order valence-electron chi connectivity index (χ2n) is 7.08. The molecule has 1 unspecified atom stereocenters. The standard InChI is InChI=1S/C19H22F4O/c1-2-12-3-4-14-10-15(6-5-13(14)9-12)16-7-8-18(17(20)11-16)24-19(21,22)23/h2,7-8,11-15H,1,3-6,9-10H2/t12-,13-,14-,15?/m1/s1. The van der Waals surface area contributed by atoms with E-state index in [2.05, 4.69) is 17.4 Å². The summed E-state index contributed by atoms with van der Waals surface area (Å²) >= 11 is 0. The molecule has 0 spiro atoms. The van der Waals surface area contributed by atoms with Gasteiger partial charge in [-0.3, -0.25) is 0 Å². The van der Waals surface area contributed by atoms with Crippen LogP contribution in [-0.2, 0) is 0 Å². The van der Waals surface area contributed by atoms with Crippen LogP contribution in [0.2, 0.25) is 0 Å². The molecule has 0 amide bonds. The van der Waals surface area contributed by atoms with Gasteiger partial charge in [-0.2, -0.15) is 0 Å². The first kappa shape index (κ1) is 17.3. The molecular weight excluding hydrogens is 320 g/mol. The largest absolute Gasteiger partial charge is 0.573 e. The molecule has 2 fully saturated rings. The minimum Gasteiger partial charge on any atom is -0.403 e. The molecule has 1 aromatic carbocycles. The lowest BCUT2D eigenvalue weighted by molar-refractivity contribution is -0.275. The highest BCUT2D eigenvalue weighted by molar-refractivity contribution is 5.32. The van der Waals surface area contributed by atoms with Gasteiger partial charge in [-0.1, -0.05) is 12.1 Å². The number of rotatable bonds is 3. The number of allylic oxidation sites excluding steroid dienone is 1. The first-order valence-corrected chi connectivity index (χ1v) is 8.53. The number of halogens is 4. The van der Waals surface area contributed by atoms with Gasteiger partial charge >= 0.3 is 6.36 Å². The van der Waals surface area contributed by atoms with Gasteiger partial charge in [0, 0.05) is 0 Å². The highest BCUT2D eigenvalue weighted by Crippen LogP contribution is 2.48. The number of fused-ring (bicyclic) bond motifs is 1. The molecule has 0 saturated heterocycles. The normalized spacial score (nSPS) is 30.5. The third-order valence-corrected chi connectivity index (χ3v) is 5.64. The molecule has 2 aliphatic carbocycles. The fraction of sp³-hybridized carbons (Fsp3) is 0.579. The van der Waals surface area contributed by atoms with Crippen LogP contribution in [0.25, 0.3) is 0 Å². The van der Waals surface area contributed by atoms with E-state index >= 15 is 0 Å². The van der Waals surface area contributed by atoms with Gasteiger partial charge in [-0.15, -0.1) is 19.8 Å². The molecule has 3 rings (SSSR count). The predicted molar refractivity (Wildman–Crippen MR) is 84.2 cm³/mol. The Kier molecular flexibility index (Phi) is 4.88. The second-order valence-corrected chi connectivity index (χ2v) is 7.08. The number of ether oxygens (including phenoxy) is 1. The summed E-state index contributed by atoms with van der Waals surface area (Å²) in [6, 6.07) is 3.88. The molecular formula is C19H22F4O. The van der Waals surface area contributed by atoms with E-state index in [4.69, 9.17) is 0 Å². The van der Waals surface area contributed by atoms with Crippen LogP contribution in [0.5, 0.6) is 5.75 Å². The third kappa shape index (κ3) is 3.93. The second kappa shape index (κ2) is 6.77. The van der Waals surface area contributed by atoms with Crippen LogP contribution in [0, 0.1) is 23.6 Å². The van der Waals surface area contributed by atoms with Gasteiger partial charge in [0.2, 0.25) is 0 Å². The molecule has 0 radical (unpaired) electrons. The first-order valence-electron chi connectivity index (χ1n) is 8.53. The van der Waals surface area contributed by atoms with E-state index in [9.17, 15) is 17.6 Å². The summed E-state index contributed by atoms with van der Waals surface area (Å²) in [5.41, 5.74) is 0.784. The van der Waals surface area contributed by atoms with E-state index in [-0.39, 0.29) is 5.92 Å².